The quantitative estimate of drug-likeness (QED) is 0.906. The van der Waals surface area contributed by atoms with Gasteiger partial charge >= 0.3 is 0 Å². The number of carbonyl (C=O) groups is 2. The van der Waals surface area contributed by atoms with E-state index in [-0.39, 0.29) is 30.1 Å². The average Bonchev–Trinajstić information content (AvgIpc) is 3.21. The fraction of sp³-hybridized carbons (Fsp3) is 0.467. The number of likely N-dealkylation sites (tertiary alicyclic amines) is 1. The molecule has 7 nitrogen and oxygen atoms in total. The summed E-state index contributed by atoms with van der Waals surface area (Å²) in [5.74, 6) is 0.386. The molecule has 0 bridgehead atoms. The lowest BCUT2D eigenvalue weighted by Crippen LogP contribution is -2.27. The van der Waals surface area contributed by atoms with Gasteiger partial charge in [-0.1, -0.05) is 25.2 Å². The van der Waals surface area contributed by atoms with E-state index in [1.54, 1.807) is 17.2 Å². The minimum Gasteiger partial charge on any atom is -0.467 e. The first-order valence-corrected chi connectivity index (χ1v) is 8.29. The van der Waals surface area contributed by atoms with Crippen molar-refractivity contribution in [2.24, 2.45) is 5.92 Å². The summed E-state index contributed by atoms with van der Waals surface area (Å²) in [5.41, 5.74) is 0. The van der Waals surface area contributed by atoms with Crippen molar-refractivity contribution in [3.8, 4) is 0 Å². The second-order valence-corrected chi connectivity index (χ2v) is 6.85. The van der Waals surface area contributed by atoms with Crippen LogP contribution in [0.3, 0.4) is 0 Å². The zero-order valence-electron chi connectivity index (χ0n) is 13.0. The van der Waals surface area contributed by atoms with E-state index in [0.717, 1.165) is 5.01 Å². The Kier molecular flexibility index (Phi) is 4.42. The standard InChI is InChI=1S/C15H18N4O3S/c1-9(2)14-17-18-15(23-14)16-13(21)10-6-12(20)19(7-10)8-11-4-3-5-22-11/h3-5,9-10H,6-8H2,1-2H3,(H,16,18,21). The topological polar surface area (TPSA) is 88.3 Å². The number of carbonyl (C=O) groups excluding carboxylic acids is 2. The van der Waals surface area contributed by atoms with Gasteiger partial charge in [0.25, 0.3) is 0 Å². The van der Waals surface area contributed by atoms with Gasteiger partial charge in [0.2, 0.25) is 16.9 Å². The van der Waals surface area contributed by atoms with Crippen molar-refractivity contribution < 1.29 is 14.0 Å². The average molecular weight is 334 g/mol. The number of hydrogen-bond donors (Lipinski definition) is 1. The van der Waals surface area contributed by atoms with Gasteiger partial charge in [-0.05, 0) is 12.1 Å². The number of aromatic nitrogens is 2. The number of nitrogens with zero attached hydrogens (tertiary/aromatic N) is 3. The first kappa shape index (κ1) is 15.7. The summed E-state index contributed by atoms with van der Waals surface area (Å²) in [4.78, 5) is 26.0. The lowest BCUT2D eigenvalue weighted by Gasteiger charge is -2.14. The van der Waals surface area contributed by atoms with E-state index in [0.29, 0.717) is 24.0 Å². The first-order valence-electron chi connectivity index (χ1n) is 7.47. The molecule has 23 heavy (non-hydrogen) atoms. The number of hydrogen-bond acceptors (Lipinski definition) is 6. The molecule has 1 fully saturated rings. The predicted molar refractivity (Wildman–Crippen MR) is 84.9 cm³/mol. The van der Waals surface area contributed by atoms with Crippen molar-refractivity contribution in [2.45, 2.75) is 32.7 Å². The van der Waals surface area contributed by atoms with Crippen LogP contribution in [0.1, 0.15) is 37.0 Å². The highest BCUT2D eigenvalue weighted by Crippen LogP contribution is 2.25. The van der Waals surface area contributed by atoms with Crippen LogP contribution < -0.4 is 5.32 Å². The maximum absolute atomic E-state index is 12.3. The fourth-order valence-electron chi connectivity index (χ4n) is 2.42. The molecule has 1 aliphatic heterocycles. The van der Waals surface area contributed by atoms with E-state index in [2.05, 4.69) is 15.5 Å². The molecule has 122 valence electrons. The van der Waals surface area contributed by atoms with Gasteiger partial charge in [-0.15, -0.1) is 10.2 Å². The zero-order chi connectivity index (χ0) is 16.4. The van der Waals surface area contributed by atoms with E-state index in [1.807, 2.05) is 19.9 Å². The molecule has 0 aliphatic carbocycles. The van der Waals surface area contributed by atoms with Crippen LogP contribution >= 0.6 is 11.3 Å². The maximum Gasteiger partial charge on any atom is 0.231 e. The molecule has 2 aromatic heterocycles. The highest BCUT2D eigenvalue weighted by Gasteiger charge is 2.35. The summed E-state index contributed by atoms with van der Waals surface area (Å²) < 4.78 is 5.25. The van der Waals surface area contributed by atoms with Crippen LogP contribution in [0.4, 0.5) is 5.13 Å². The van der Waals surface area contributed by atoms with Crippen molar-refractivity contribution in [1.82, 2.24) is 15.1 Å². The molecular weight excluding hydrogens is 316 g/mol. The van der Waals surface area contributed by atoms with E-state index < -0.39 is 0 Å². The molecule has 3 rings (SSSR count). The van der Waals surface area contributed by atoms with Gasteiger partial charge in [-0.3, -0.25) is 9.59 Å². The van der Waals surface area contributed by atoms with Crippen LogP contribution in [0, 0.1) is 5.92 Å². The first-order chi connectivity index (χ1) is 11.0. The largest absolute Gasteiger partial charge is 0.467 e. The van der Waals surface area contributed by atoms with Gasteiger partial charge in [-0.2, -0.15) is 0 Å². The highest BCUT2D eigenvalue weighted by molar-refractivity contribution is 7.15. The van der Waals surface area contributed by atoms with Gasteiger partial charge in [0.1, 0.15) is 10.8 Å². The van der Waals surface area contributed by atoms with Crippen LogP contribution in [0.15, 0.2) is 22.8 Å². The minimum absolute atomic E-state index is 0.0401. The molecule has 0 aromatic carbocycles. The SMILES string of the molecule is CC(C)c1nnc(NC(=O)C2CC(=O)N(Cc3ccco3)C2)s1. The number of amides is 2. The molecule has 3 heterocycles. The molecule has 2 amide bonds. The Hall–Kier alpha value is -2.22. The Morgan fingerprint density at radius 3 is 3.00 bits per heavy atom. The van der Waals surface area contributed by atoms with Crippen LogP contribution in [-0.4, -0.2) is 33.5 Å². The summed E-state index contributed by atoms with van der Waals surface area (Å²) in [6.07, 6.45) is 1.78. The van der Waals surface area contributed by atoms with Crippen LogP contribution in [0.2, 0.25) is 0 Å². The van der Waals surface area contributed by atoms with Crippen molar-refractivity contribution in [1.29, 1.82) is 0 Å². The molecule has 2 aromatic rings. The number of nitrogens with one attached hydrogen (secondary N) is 1. The predicted octanol–water partition coefficient (Wildman–Crippen LogP) is 2.24. The van der Waals surface area contributed by atoms with Gasteiger partial charge < -0.3 is 14.6 Å². The van der Waals surface area contributed by atoms with Crippen molar-refractivity contribution >= 4 is 28.3 Å². The summed E-state index contributed by atoms with van der Waals surface area (Å²) >= 11 is 1.37. The molecular formula is C15H18N4O3S. The second-order valence-electron chi connectivity index (χ2n) is 5.84. The third kappa shape index (κ3) is 3.58. The monoisotopic (exact) mass is 334 g/mol. The highest BCUT2D eigenvalue weighted by atomic mass is 32.1. The third-order valence-electron chi connectivity index (χ3n) is 3.68. The molecule has 1 atom stereocenters. The third-order valence-corrected chi connectivity index (χ3v) is 4.82. The Morgan fingerprint density at radius 2 is 2.35 bits per heavy atom. The van der Waals surface area contributed by atoms with Crippen LogP contribution in [0.5, 0.6) is 0 Å². The molecule has 1 N–H and O–H groups in total. The fourth-order valence-corrected chi connectivity index (χ4v) is 3.17. The van der Waals surface area contributed by atoms with E-state index in [1.165, 1.54) is 11.3 Å². The van der Waals surface area contributed by atoms with Gasteiger partial charge in [0.15, 0.2) is 0 Å². The Labute approximate surface area is 137 Å². The van der Waals surface area contributed by atoms with Crippen LogP contribution in [-0.2, 0) is 16.1 Å². The van der Waals surface area contributed by atoms with Crippen molar-refractivity contribution in [2.75, 3.05) is 11.9 Å². The van der Waals surface area contributed by atoms with Crippen molar-refractivity contribution in [3.05, 3.63) is 29.2 Å². The number of anilines is 1. The number of furan rings is 1. The van der Waals surface area contributed by atoms with E-state index in [9.17, 15) is 9.59 Å². The molecule has 0 radical (unpaired) electrons. The summed E-state index contributed by atoms with van der Waals surface area (Å²) in [6.45, 7) is 4.83. The molecule has 0 spiro atoms. The Morgan fingerprint density at radius 1 is 1.52 bits per heavy atom. The van der Waals surface area contributed by atoms with Crippen molar-refractivity contribution in [3.63, 3.8) is 0 Å². The molecule has 0 saturated carbocycles. The summed E-state index contributed by atoms with van der Waals surface area (Å²) in [6, 6.07) is 3.59. The second kappa shape index (κ2) is 6.49. The summed E-state index contributed by atoms with van der Waals surface area (Å²) in [7, 11) is 0. The normalized spacial score (nSPS) is 18.0. The lowest BCUT2D eigenvalue weighted by atomic mass is 10.1. The maximum atomic E-state index is 12.3. The molecule has 1 aliphatic rings. The molecule has 1 unspecified atom stereocenters. The summed E-state index contributed by atoms with van der Waals surface area (Å²) in [5, 5.41) is 12.1. The Balaban J connectivity index is 1.58. The van der Waals surface area contributed by atoms with Gasteiger partial charge in [0.05, 0.1) is 18.7 Å². The minimum atomic E-state index is -0.371. The zero-order valence-corrected chi connectivity index (χ0v) is 13.8. The Bertz CT molecular complexity index is 695. The molecule has 8 heteroatoms. The van der Waals surface area contributed by atoms with E-state index in [4.69, 9.17) is 4.42 Å². The smallest absolute Gasteiger partial charge is 0.231 e. The van der Waals surface area contributed by atoms with Crippen LogP contribution in [0.25, 0.3) is 0 Å². The molecule has 1 saturated heterocycles. The lowest BCUT2D eigenvalue weighted by molar-refractivity contribution is -0.128. The van der Waals surface area contributed by atoms with E-state index >= 15 is 0 Å². The van der Waals surface area contributed by atoms with Gasteiger partial charge in [-0.25, -0.2) is 0 Å². The number of rotatable bonds is 5. The van der Waals surface area contributed by atoms with Gasteiger partial charge in [0, 0.05) is 18.9 Å².